The molecule has 1 fully saturated rings. The number of fused-ring (bicyclic) bond motifs is 1. The van der Waals surface area contributed by atoms with Gasteiger partial charge in [0.2, 0.25) is 0 Å². The first-order valence-corrected chi connectivity index (χ1v) is 7.59. The summed E-state index contributed by atoms with van der Waals surface area (Å²) >= 11 is 0. The highest BCUT2D eigenvalue weighted by Crippen LogP contribution is 2.25. The van der Waals surface area contributed by atoms with Crippen molar-refractivity contribution >= 4 is 5.69 Å². The molecular weight excluding hydrogens is 234 g/mol. The molecule has 1 heterocycles. The summed E-state index contributed by atoms with van der Waals surface area (Å²) < 4.78 is 0. The van der Waals surface area contributed by atoms with Crippen molar-refractivity contribution in [2.75, 3.05) is 44.8 Å². The maximum Gasteiger partial charge on any atom is 0.0704 e. The Labute approximate surface area is 116 Å². The maximum absolute atomic E-state index is 3.41. The summed E-state index contributed by atoms with van der Waals surface area (Å²) in [6.45, 7) is 5.61. The number of anilines is 1. The number of hydrogen-bond donors (Lipinski definition) is 1. The van der Waals surface area contributed by atoms with Crippen LogP contribution in [0.2, 0.25) is 0 Å². The molecule has 0 unspecified atom stereocenters. The zero-order chi connectivity index (χ0) is 13.1. The van der Waals surface area contributed by atoms with Crippen LogP contribution in [0.25, 0.3) is 0 Å². The minimum Gasteiger partial charge on any atom is -0.362 e. The van der Waals surface area contributed by atoms with Crippen molar-refractivity contribution in [3.8, 4) is 0 Å². The van der Waals surface area contributed by atoms with Gasteiger partial charge in [0.1, 0.15) is 0 Å². The summed E-state index contributed by atoms with van der Waals surface area (Å²) in [6.07, 6.45) is 5.27. The van der Waals surface area contributed by atoms with Gasteiger partial charge in [-0.15, -0.1) is 0 Å². The number of hydrogen-bond acceptors (Lipinski definition) is 3. The summed E-state index contributed by atoms with van der Waals surface area (Å²) in [5.41, 5.74) is 4.53. The average Bonchev–Trinajstić information content (AvgIpc) is 2.48. The first-order valence-electron chi connectivity index (χ1n) is 7.59. The molecule has 1 aromatic carbocycles. The lowest BCUT2D eigenvalue weighted by atomic mass is 9.91. The van der Waals surface area contributed by atoms with E-state index in [0.29, 0.717) is 0 Å². The number of benzene rings is 1. The van der Waals surface area contributed by atoms with E-state index in [1.54, 1.807) is 11.1 Å². The van der Waals surface area contributed by atoms with Gasteiger partial charge in [-0.05, 0) is 48.9 Å². The molecular formula is C16H25N3. The summed E-state index contributed by atoms with van der Waals surface area (Å²) in [6, 6.07) is 7.06. The monoisotopic (exact) mass is 259 g/mol. The minimum atomic E-state index is 1.04. The fraction of sp³-hybridized carbons (Fsp3) is 0.625. The van der Waals surface area contributed by atoms with E-state index >= 15 is 0 Å². The molecule has 1 aromatic rings. The molecule has 0 spiro atoms. The van der Waals surface area contributed by atoms with Crippen molar-refractivity contribution in [1.29, 1.82) is 0 Å². The molecule has 2 aliphatic rings. The van der Waals surface area contributed by atoms with E-state index < -0.39 is 0 Å². The smallest absolute Gasteiger partial charge is 0.0704 e. The van der Waals surface area contributed by atoms with Crippen LogP contribution in [0.4, 0.5) is 5.69 Å². The lowest BCUT2D eigenvalue weighted by Gasteiger charge is -2.32. The Morgan fingerprint density at radius 2 is 1.84 bits per heavy atom. The van der Waals surface area contributed by atoms with E-state index in [-0.39, 0.29) is 0 Å². The molecule has 0 bridgehead atoms. The van der Waals surface area contributed by atoms with Crippen LogP contribution in [-0.2, 0) is 12.8 Å². The molecule has 0 aromatic heterocycles. The second-order valence-electron chi connectivity index (χ2n) is 5.87. The Bertz CT molecular complexity index is 424. The van der Waals surface area contributed by atoms with Gasteiger partial charge in [-0.2, -0.15) is 0 Å². The van der Waals surface area contributed by atoms with Gasteiger partial charge in [-0.1, -0.05) is 6.07 Å². The largest absolute Gasteiger partial charge is 0.362 e. The van der Waals surface area contributed by atoms with Crippen LogP contribution in [0.5, 0.6) is 0 Å². The van der Waals surface area contributed by atoms with Gasteiger partial charge in [0.25, 0.3) is 0 Å². The third kappa shape index (κ3) is 3.10. The van der Waals surface area contributed by atoms with Gasteiger partial charge in [-0.3, -0.25) is 4.90 Å². The second-order valence-corrected chi connectivity index (χ2v) is 5.87. The molecule has 1 aliphatic carbocycles. The Morgan fingerprint density at radius 3 is 2.63 bits per heavy atom. The van der Waals surface area contributed by atoms with Crippen LogP contribution in [-0.4, -0.2) is 44.8 Å². The van der Waals surface area contributed by atoms with Crippen molar-refractivity contribution in [2.24, 2.45) is 0 Å². The zero-order valence-corrected chi connectivity index (χ0v) is 12.0. The fourth-order valence-electron chi connectivity index (χ4n) is 3.19. The SMILES string of the molecule is CN(CN1CCNCC1)c1ccc2c(c1)CCCC2. The van der Waals surface area contributed by atoms with E-state index in [1.165, 1.54) is 31.4 Å². The molecule has 3 heteroatoms. The first kappa shape index (κ1) is 12.9. The van der Waals surface area contributed by atoms with E-state index in [1.807, 2.05) is 0 Å². The number of nitrogens with zero attached hydrogens (tertiary/aromatic N) is 2. The molecule has 0 amide bonds. The van der Waals surface area contributed by atoms with Crippen LogP contribution in [0, 0.1) is 0 Å². The number of rotatable bonds is 3. The van der Waals surface area contributed by atoms with E-state index in [0.717, 1.165) is 32.8 Å². The lowest BCUT2D eigenvalue weighted by Crippen LogP contribution is -2.47. The third-order valence-corrected chi connectivity index (χ3v) is 4.39. The Kier molecular flexibility index (Phi) is 4.04. The molecule has 19 heavy (non-hydrogen) atoms. The predicted octanol–water partition coefficient (Wildman–Crippen LogP) is 1.86. The topological polar surface area (TPSA) is 18.5 Å². The molecule has 3 rings (SSSR count). The van der Waals surface area contributed by atoms with E-state index in [2.05, 4.69) is 40.4 Å². The molecule has 1 saturated heterocycles. The van der Waals surface area contributed by atoms with Gasteiger partial charge in [-0.25, -0.2) is 0 Å². The quantitative estimate of drug-likeness (QED) is 0.894. The minimum absolute atomic E-state index is 1.04. The van der Waals surface area contributed by atoms with Crippen LogP contribution < -0.4 is 10.2 Å². The van der Waals surface area contributed by atoms with Crippen LogP contribution >= 0.6 is 0 Å². The highest BCUT2D eigenvalue weighted by atomic mass is 15.3. The molecule has 0 radical (unpaired) electrons. The highest BCUT2D eigenvalue weighted by Gasteiger charge is 2.14. The van der Waals surface area contributed by atoms with Crippen LogP contribution in [0.3, 0.4) is 0 Å². The molecule has 3 nitrogen and oxygen atoms in total. The van der Waals surface area contributed by atoms with Crippen molar-refractivity contribution < 1.29 is 0 Å². The lowest BCUT2D eigenvalue weighted by molar-refractivity contribution is 0.243. The van der Waals surface area contributed by atoms with Crippen LogP contribution in [0.1, 0.15) is 24.0 Å². The normalized spacial score (nSPS) is 20.1. The highest BCUT2D eigenvalue weighted by molar-refractivity contribution is 5.51. The summed E-state index contributed by atoms with van der Waals surface area (Å²) in [7, 11) is 2.21. The number of aryl methyl sites for hydroxylation is 2. The van der Waals surface area contributed by atoms with Gasteiger partial charge >= 0.3 is 0 Å². The first-order chi connectivity index (χ1) is 9.33. The van der Waals surface area contributed by atoms with Crippen molar-refractivity contribution in [3.63, 3.8) is 0 Å². The Hall–Kier alpha value is -1.06. The maximum atomic E-state index is 3.41. The van der Waals surface area contributed by atoms with Gasteiger partial charge in [0.15, 0.2) is 0 Å². The average molecular weight is 259 g/mol. The van der Waals surface area contributed by atoms with E-state index in [9.17, 15) is 0 Å². The summed E-state index contributed by atoms with van der Waals surface area (Å²) in [5.74, 6) is 0. The Balaban J connectivity index is 1.67. The molecule has 1 N–H and O–H groups in total. The third-order valence-electron chi connectivity index (χ3n) is 4.39. The van der Waals surface area contributed by atoms with Gasteiger partial charge in [0, 0.05) is 38.9 Å². The second kappa shape index (κ2) is 5.93. The summed E-state index contributed by atoms with van der Waals surface area (Å²) in [5, 5.41) is 3.41. The van der Waals surface area contributed by atoms with Gasteiger partial charge < -0.3 is 10.2 Å². The number of piperazine rings is 1. The van der Waals surface area contributed by atoms with Crippen LogP contribution in [0.15, 0.2) is 18.2 Å². The molecule has 1 aliphatic heterocycles. The summed E-state index contributed by atoms with van der Waals surface area (Å²) in [4.78, 5) is 4.91. The van der Waals surface area contributed by atoms with Crippen molar-refractivity contribution in [2.45, 2.75) is 25.7 Å². The van der Waals surface area contributed by atoms with E-state index in [4.69, 9.17) is 0 Å². The Morgan fingerprint density at radius 1 is 1.11 bits per heavy atom. The zero-order valence-electron chi connectivity index (χ0n) is 12.0. The number of nitrogens with one attached hydrogen (secondary N) is 1. The van der Waals surface area contributed by atoms with Crippen molar-refractivity contribution in [3.05, 3.63) is 29.3 Å². The molecule has 0 saturated carbocycles. The van der Waals surface area contributed by atoms with Crippen molar-refractivity contribution in [1.82, 2.24) is 10.2 Å². The van der Waals surface area contributed by atoms with Gasteiger partial charge in [0.05, 0.1) is 6.67 Å². The fourth-order valence-corrected chi connectivity index (χ4v) is 3.19. The standard InChI is InChI=1S/C16H25N3/c1-18(13-19-10-8-17-9-11-19)16-7-6-14-4-2-3-5-15(14)12-16/h6-7,12,17H,2-5,8-11,13H2,1H3. The predicted molar refractivity (Wildman–Crippen MR) is 80.8 cm³/mol. The molecule has 104 valence electrons. The molecule has 0 atom stereocenters.